The highest BCUT2D eigenvalue weighted by Gasteiger charge is 2.47. The van der Waals surface area contributed by atoms with Gasteiger partial charge in [0.15, 0.2) is 6.10 Å². The van der Waals surface area contributed by atoms with E-state index in [2.05, 4.69) is 6.92 Å². The second kappa shape index (κ2) is 16.9. The number of allylic oxidation sites excluding steroid dienone is 1. The molecule has 1 heterocycles. The molecule has 0 saturated carbocycles. The zero-order valence-corrected chi connectivity index (χ0v) is 21.0. The highest BCUT2D eigenvalue weighted by atomic mass is 16.8. The van der Waals surface area contributed by atoms with Crippen molar-refractivity contribution in [2.45, 2.75) is 102 Å². The van der Waals surface area contributed by atoms with Gasteiger partial charge in [-0.15, -0.1) is 5.06 Å². The van der Waals surface area contributed by atoms with Gasteiger partial charge < -0.3 is 25.2 Å². The first-order chi connectivity index (χ1) is 17.0. The lowest BCUT2D eigenvalue weighted by Crippen LogP contribution is -2.45. The minimum Gasteiger partial charge on any atom is -0.438 e. The van der Waals surface area contributed by atoms with E-state index in [1.807, 2.05) is 36.4 Å². The molecule has 2 rings (SSSR count). The van der Waals surface area contributed by atoms with E-state index in [4.69, 9.17) is 20.0 Å². The van der Waals surface area contributed by atoms with Gasteiger partial charge in [0.25, 0.3) is 0 Å². The molecular formula is C27H42N2O6. The van der Waals surface area contributed by atoms with Gasteiger partial charge in [0, 0.05) is 0 Å². The van der Waals surface area contributed by atoms with Crippen LogP contribution in [0.3, 0.4) is 0 Å². The Hall–Kier alpha value is -2.58. The monoisotopic (exact) mass is 490 g/mol. The first-order valence-electron chi connectivity index (χ1n) is 13.0. The second-order valence-electron chi connectivity index (χ2n) is 9.04. The van der Waals surface area contributed by atoms with Crippen LogP contribution in [0, 0.1) is 0 Å². The van der Waals surface area contributed by atoms with Crippen LogP contribution in [0.15, 0.2) is 42.5 Å². The van der Waals surface area contributed by atoms with Crippen LogP contribution >= 0.6 is 0 Å². The van der Waals surface area contributed by atoms with Crippen LogP contribution < -0.4 is 5.73 Å². The van der Waals surface area contributed by atoms with Crippen molar-refractivity contribution in [1.82, 2.24) is 5.06 Å². The Bertz CT molecular complexity index is 757. The number of carbonyl (C=O) groups is 2. The van der Waals surface area contributed by atoms with E-state index in [9.17, 15) is 14.7 Å². The molecule has 1 aromatic carbocycles. The van der Waals surface area contributed by atoms with E-state index in [0.29, 0.717) is 6.61 Å². The van der Waals surface area contributed by atoms with E-state index in [1.165, 1.54) is 51.4 Å². The summed E-state index contributed by atoms with van der Waals surface area (Å²) in [6, 6.07) is 8.71. The number of hydrogen-bond donors (Lipinski definition) is 2. The van der Waals surface area contributed by atoms with E-state index in [-0.39, 0.29) is 6.61 Å². The van der Waals surface area contributed by atoms with Gasteiger partial charge in [0.2, 0.25) is 0 Å². The van der Waals surface area contributed by atoms with Gasteiger partial charge in [-0.25, -0.2) is 9.59 Å². The Morgan fingerprint density at radius 1 is 1.09 bits per heavy atom. The third-order valence-corrected chi connectivity index (χ3v) is 6.08. The fourth-order valence-corrected chi connectivity index (χ4v) is 4.14. The molecule has 8 heteroatoms. The zero-order valence-electron chi connectivity index (χ0n) is 21.0. The SMILES string of the molecule is CCCCCCCCCCCC/C=C/[C@@H](O)[C@H]1OC(=O)N(OC(N)=O)[C@H]1COCc1ccccc1. The molecule has 3 atom stereocenters. The number of nitrogens with two attached hydrogens (primary N) is 1. The summed E-state index contributed by atoms with van der Waals surface area (Å²) in [6.45, 7) is 2.54. The summed E-state index contributed by atoms with van der Waals surface area (Å²) in [6.07, 6.45) is 13.0. The second-order valence-corrected chi connectivity index (χ2v) is 9.04. The first kappa shape index (κ1) is 28.7. The van der Waals surface area contributed by atoms with Crippen molar-refractivity contribution in [3.63, 3.8) is 0 Å². The number of hydroxylamine groups is 2. The van der Waals surface area contributed by atoms with Gasteiger partial charge >= 0.3 is 12.2 Å². The summed E-state index contributed by atoms with van der Waals surface area (Å²) in [7, 11) is 0. The summed E-state index contributed by atoms with van der Waals surface area (Å²) < 4.78 is 11.0. The molecule has 0 aromatic heterocycles. The summed E-state index contributed by atoms with van der Waals surface area (Å²) in [5.41, 5.74) is 6.05. The molecule has 0 aliphatic carbocycles. The molecule has 1 aromatic rings. The number of benzene rings is 1. The van der Waals surface area contributed by atoms with Gasteiger partial charge in [0.1, 0.15) is 12.1 Å². The van der Waals surface area contributed by atoms with Crippen LogP contribution in [-0.4, -0.2) is 47.2 Å². The van der Waals surface area contributed by atoms with Crippen molar-refractivity contribution in [2.24, 2.45) is 5.73 Å². The molecule has 0 unspecified atom stereocenters. The summed E-state index contributed by atoms with van der Waals surface area (Å²) >= 11 is 0. The predicted octanol–water partition coefficient (Wildman–Crippen LogP) is 5.63. The Labute approximate surface area is 209 Å². The molecule has 35 heavy (non-hydrogen) atoms. The molecule has 0 radical (unpaired) electrons. The molecule has 1 aliphatic heterocycles. The normalized spacial score (nSPS) is 18.7. The lowest BCUT2D eigenvalue weighted by atomic mass is 10.0. The molecule has 0 bridgehead atoms. The van der Waals surface area contributed by atoms with Crippen molar-refractivity contribution in [2.75, 3.05) is 6.61 Å². The molecular weight excluding hydrogens is 448 g/mol. The maximum absolute atomic E-state index is 12.2. The lowest BCUT2D eigenvalue weighted by molar-refractivity contribution is -0.0970. The van der Waals surface area contributed by atoms with E-state index < -0.39 is 30.4 Å². The van der Waals surface area contributed by atoms with Gasteiger partial charge in [-0.3, -0.25) is 0 Å². The van der Waals surface area contributed by atoms with Crippen LogP contribution in [0.4, 0.5) is 9.59 Å². The van der Waals surface area contributed by atoms with Crippen LogP contribution in [0.1, 0.15) is 83.1 Å². The standard InChI is InChI=1S/C27H42N2O6/c1-2-3-4-5-6-7-8-9-10-11-12-16-19-24(30)25-23(29(27(32)34-25)35-26(28)31)21-33-20-22-17-14-13-15-18-22/h13-19,23-25,30H,2-12,20-21H2,1H3,(H2,28,31)/b19-16+/t23-,24+,25-/m0/s1. The van der Waals surface area contributed by atoms with E-state index in [0.717, 1.165) is 29.9 Å². The number of hydrogen-bond acceptors (Lipinski definition) is 6. The van der Waals surface area contributed by atoms with Crippen molar-refractivity contribution in [3.8, 4) is 0 Å². The number of aliphatic hydroxyl groups is 1. The fraction of sp³-hybridized carbons (Fsp3) is 0.630. The zero-order chi connectivity index (χ0) is 25.3. The van der Waals surface area contributed by atoms with Crippen molar-refractivity contribution >= 4 is 12.2 Å². The minimum atomic E-state index is -1.14. The maximum Gasteiger partial charge on any atom is 0.444 e. The predicted molar refractivity (Wildman–Crippen MR) is 134 cm³/mol. The number of ether oxygens (including phenoxy) is 2. The topological polar surface area (TPSA) is 111 Å². The highest BCUT2D eigenvalue weighted by molar-refractivity contribution is 5.73. The molecule has 1 saturated heterocycles. The van der Waals surface area contributed by atoms with E-state index >= 15 is 0 Å². The Kier molecular flexibility index (Phi) is 13.9. The van der Waals surface area contributed by atoms with Crippen LogP contribution in [0.25, 0.3) is 0 Å². The quantitative estimate of drug-likeness (QED) is 0.204. The first-order valence-corrected chi connectivity index (χ1v) is 13.0. The third kappa shape index (κ3) is 11.1. The molecule has 196 valence electrons. The smallest absolute Gasteiger partial charge is 0.438 e. The molecule has 8 nitrogen and oxygen atoms in total. The number of primary amides is 1. The molecule has 1 fully saturated rings. The lowest BCUT2D eigenvalue weighted by Gasteiger charge is -2.24. The van der Waals surface area contributed by atoms with Crippen LogP contribution in [0.5, 0.6) is 0 Å². The number of nitrogens with zero attached hydrogens (tertiary/aromatic N) is 1. The number of cyclic esters (lactones) is 1. The summed E-state index contributed by atoms with van der Waals surface area (Å²) in [5.74, 6) is 0. The molecule has 1 aliphatic rings. The molecule has 3 N–H and O–H groups in total. The fourth-order valence-electron chi connectivity index (χ4n) is 4.14. The maximum atomic E-state index is 12.2. The van der Waals surface area contributed by atoms with Crippen molar-refractivity contribution < 1.29 is 29.0 Å². The Balaban J connectivity index is 1.74. The third-order valence-electron chi connectivity index (χ3n) is 6.08. The number of carbonyl (C=O) groups excluding carboxylic acids is 2. The Morgan fingerprint density at radius 3 is 2.34 bits per heavy atom. The van der Waals surface area contributed by atoms with Gasteiger partial charge in [-0.1, -0.05) is 107 Å². The highest BCUT2D eigenvalue weighted by Crippen LogP contribution is 2.24. The van der Waals surface area contributed by atoms with Crippen LogP contribution in [0.2, 0.25) is 0 Å². The average molecular weight is 491 g/mol. The number of amides is 2. The van der Waals surface area contributed by atoms with Gasteiger partial charge in [0.05, 0.1) is 13.2 Å². The number of unbranched alkanes of at least 4 members (excludes halogenated alkanes) is 10. The van der Waals surface area contributed by atoms with Gasteiger partial charge in [-0.05, 0) is 18.4 Å². The minimum absolute atomic E-state index is 0.00191. The van der Waals surface area contributed by atoms with Crippen molar-refractivity contribution in [1.29, 1.82) is 0 Å². The number of rotatable bonds is 18. The number of aliphatic hydroxyl groups excluding tert-OH is 1. The van der Waals surface area contributed by atoms with Crippen LogP contribution in [-0.2, 0) is 20.9 Å². The molecule has 2 amide bonds. The summed E-state index contributed by atoms with van der Waals surface area (Å²) in [4.78, 5) is 28.3. The summed E-state index contributed by atoms with van der Waals surface area (Å²) in [5, 5.41) is 11.4. The largest absolute Gasteiger partial charge is 0.444 e. The molecule has 0 spiro atoms. The van der Waals surface area contributed by atoms with Crippen molar-refractivity contribution in [3.05, 3.63) is 48.0 Å². The Morgan fingerprint density at radius 2 is 1.71 bits per heavy atom. The average Bonchev–Trinajstić information content (AvgIpc) is 3.15. The van der Waals surface area contributed by atoms with Gasteiger partial charge in [-0.2, -0.15) is 0 Å². The van der Waals surface area contributed by atoms with E-state index in [1.54, 1.807) is 6.08 Å².